The van der Waals surface area contributed by atoms with Crippen LogP contribution in [0, 0.1) is 0 Å². The molecule has 3 rings (SSSR count). The maximum atomic E-state index is 12.6. The predicted octanol–water partition coefficient (Wildman–Crippen LogP) is 4.23. The van der Waals surface area contributed by atoms with Crippen LogP contribution < -0.4 is 14.8 Å². The summed E-state index contributed by atoms with van der Waals surface area (Å²) in [7, 11) is 1.56. The minimum atomic E-state index is -0.888. The van der Waals surface area contributed by atoms with Gasteiger partial charge in [0.1, 0.15) is 0 Å². The second-order valence-corrected chi connectivity index (χ2v) is 7.41. The smallest absolute Gasteiger partial charge is 0.331 e. The molecule has 0 fully saturated rings. The Labute approximate surface area is 183 Å². The molecule has 0 heterocycles. The van der Waals surface area contributed by atoms with E-state index in [9.17, 15) is 9.59 Å². The molecule has 6 nitrogen and oxygen atoms in total. The number of ether oxygens (including phenoxy) is 3. The molecular weight excluding hydrogens is 394 g/mol. The van der Waals surface area contributed by atoms with Gasteiger partial charge in [0.05, 0.1) is 19.8 Å². The van der Waals surface area contributed by atoms with E-state index in [1.54, 1.807) is 32.2 Å². The van der Waals surface area contributed by atoms with Crippen LogP contribution >= 0.6 is 0 Å². The van der Waals surface area contributed by atoms with Gasteiger partial charge in [0, 0.05) is 6.08 Å². The van der Waals surface area contributed by atoms with Gasteiger partial charge in [0.25, 0.3) is 5.91 Å². The Morgan fingerprint density at radius 2 is 2.00 bits per heavy atom. The molecule has 6 heteroatoms. The SMILES string of the molecule is CCOc1ccc(/C=C/C(=O)OC(C)C(=O)NC2CCCc3ccccc32)cc1OC. The van der Waals surface area contributed by atoms with Crippen molar-refractivity contribution in [1.29, 1.82) is 0 Å². The van der Waals surface area contributed by atoms with Gasteiger partial charge < -0.3 is 19.5 Å². The third kappa shape index (κ3) is 5.87. The molecule has 0 saturated carbocycles. The molecule has 164 valence electrons. The fourth-order valence-corrected chi connectivity index (χ4v) is 3.69. The first-order valence-corrected chi connectivity index (χ1v) is 10.6. The zero-order valence-electron chi connectivity index (χ0n) is 18.2. The molecule has 2 unspecified atom stereocenters. The molecule has 0 aliphatic heterocycles. The maximum Gasteiger partial charge on any atom is 0.331 e. The number of methoxy groups -OCH3 is 1. The van der Waals surface area contributed by atoms with Crippen molar-refractivity contribution in [3.63, 3.8) is 0 Å². The molecule has 1 aliphatic rings. The zero-order chi connectivity index (χ0) is 22.2. The summed E-state index contributed by atoms with van der Waals surface area (Å²) in [6, 6.07) is 13.4. The third-order valence-electron chi connectivity index (χ3n) is 5.25. The molecule has 0 radical (unpaired) electrons. The predicted molar refractivity (Wildman–Crippen MR) is 119 cm³/mol. The molecule has 1 aliphatic carbocycles. The first-order chi connectivity index (χ1) is 15.0. The third-order valence-corrected chi connectivity index (χ3v) is 5.25. The summed E-state index contributed by atoms with van der Waals surface area (Å²) < 4.78 is 16.1. The number of aryl methyl sites for hydroxylation is 1. The van der Waals surface area contributed by atoms with Gasteiger partial charge in [-0.05, 0) is 68.0 Å². The number of benzene rings is 2. The van der Waals surface area contributed by atoms with Gasteiger partial charge in [0.2, 0.25) is 0 Å². The van der Waals surface area contributed by atoms with Crippen molar-refractivity contribution in [3.05, 3.63) is 65.2 Å². The van der Waals surface area contributed by atoms with Gasteiger partial charge >= 0.3 is 5.97 Å². The lowest BCUT2D eigenvalue weighted by Crippen LogP contribution is -2.39. The van der Waals surface area contributed by atoms with Gasteiger partial charge in [-0.3, -0.25) is 4.79 Å². The Morgan fingerprint density at radius 3 is 2.77 bits per heavy atom. The number of amides is 1. The topological polar surface area (TPSA) is 73.9 Å². The minimum absolute atomic E-state index is 0.0505. The van der Waals surface area contributed by atoms with Crippen LogP contribution in [-0.2, 0) is 20.7 Å². The molecule has 0 spiro atoms. The van der Waals surface area contributed by atoms with Crippen molar-refractivity contribution in [2.45, 2.75) is 45.3 Å². The molecule has 1 N–H and O–H groups in total. The van der Waals surface area contributed by atoms with E-state index in [0.29, 0.717) is 18.1 Å². The summed E-state index contributed by atoms with van der Waals surface area (Å²) in [5, 5.41) is 3.02. The fourth-order valence-electron chi connectivity index (χ4n) is 3.69. The van der Waals surface area contributed by atoms with Crippen molar-refractivity contribution in [3.8, 4) is 11.5 Å². The van der Waals surface area contributed by atoms with Crippen molar-refractivity contribution in [2.75, 3.05) is 13.7 Å². The molecule has 2 aromatic carbocycles. The number of carbonyl (C=O) groups is 2. The molecule has 0 saturated heterocycles. The van der Waals surface area contributed by atoms with Crippen molar-refractivity contribution >= 4 is 18.0 Å². The maximum absolute atomic E-state index is 12.6. The molecular formula is C25H29NO5. The van der Waals surface area contributed by atoms with E-state index in [1.165, 1.54) is 11.6 Å². The van der Waals surface area contributed by atoms with Crippen LogP contribution in [0.4, 0.5) is 0 Å². The lowest BCUT2D eigenvalue weighted by Gasteiger charge is -2.27. The number of rotatable bonds is 8. The summed E-state index contributed by atoms with van der Waals surface area (Å²) in [6.45, 7) is 4.01. The van der Waals surface area contributed by atoms with E-state index < -0.39 is 12.1 Å². The number of esters is 1. The molecule has 2 aromatic rings. The summed E-state index contributed by atoms with van der Waals surface area (Å²) in [5.74, 6) is 0.336. The largest absolute Gasteiger partial charge is 0.493 e. The summed E-state index contributed by atoms with van der Waals surface area (Å²) >= 11 is 0. The lowest BCUT2D eigenvalue weighted by molar-refractivity contribution is -0.150. The Hall–Kier alpha value is -3.28. The Morgan fingerprint density at radius 1 is 1.19 bits per heavy atom. The average molecular weight is 424 g/mol. The lowest BCUT2D eigenvalue weighted by atomic mass is 9.87. The first-order valence-electron chi connectivity index (χ1n) is 10.6. The fraction of sp³-hybridized carbons (Fsp3) is 0.360. The van der Waals surface area contributed by atoms with Gasteiger partial charge in [-0.2, -0.15) is 0 Å². The van der Waals surface area contributed by atoms with E-state index in [1.807, 2.05) is 31.2 Å². The summed E-state index contributed by atoms with van der Waals surface area (Å²) in [4.78, 5) is 24.8. The highest BCUT2D eigenvalue weighted by Crippen LogP contribution is 2.30. The highest BCUT2D eigenvalue weighted by molar-refractivity contribution is 5.90. The van der Waals surface area contributed by atoms with Crippen LogP contribution in [0.15, 0.2) is 48.5 Å². The average Bonchev–Trinajstić information content (AvgIpc) is 2.78. The van der Waals surface area contributed by atoms with Crippen molar-refractivity contribution < 1.29 is 23.8 Å². The number of hydrogen-bond acceptors (Lipinski definition) is 5. The van der Waals surface area contributed by atoms with Gasteiger partial charge in [-0.15, -0.1) is 0 Å². The summed E-state index contributed by atoms with van der Waals surface area (Å²) in [6.07, 6.45) is 4.94. The van der Waals surface area contributed by atoms with E-state index in [0.717, 1.165) is 30.4 Å². The van der Waals surface area contributed by atoms with Crippen LogP contribution in [0.5, 0.6) is 11.5 Å². The molecule has 0 bridgehead atoms. The summed E-state index contributed by atoms with van der Waals surface area (Å²) in [5.41, 5.74) is 3.16. The number of hydrogen-bond donors (Lipinski definition) is 1. The van der Waals surface area contributed by atoms with Crippen LogP contribution in [-0.4, -0.2) is 31.7 Å². The van der Waals surface area contributed by atoms with Gasteiger partial charge in [-0.25, -0.2) is 4.79 Å². The minimum Gasteiger partial charge on any atom is -0.493 e. The van der Waals surface area contributed by atoms with E-state index >= 15 is 0 Å². The van der Waals surface area contributed by atoms with Crippen LogP contribution in [0.25, 0.3) is 6.08 Å². The Kier molecular flexibility index (Phi) is 7.70. The number of fused-ring (bicyclic) bond motifs is 1. The van der Waals surface area contributed by atoms with Crippen molar-refractivity contribution in [1.82, 2.24) is 5.32 Å². The highest BCUT2D eigenvalue weighted by atomic mass is 16.5. The van der Waals surface area contributed by atoms with E-state index in [4.69, 9.17) is 14.2 Å². The van der Waals surface area contributed by atoms with Gasteiger partial charge in [0.15, 0.2) is 17.6 Å². The number of carbonyl (C=O) groups excluding carboxylic acids is 2. The van der Waals surface area contributed by atoms with Crippen molar-refractivity contribution in [2.24, 2.45) is 0 Å². The highest BCUT2D eigenvalue weighted by Gasteiger charge is 2.24. The van der Waals surface area contributed by atoms with Crippen LogP contribution in [0.2, 0.25) is 0 Å². The van der Waals surface area contributed by atoms with E-state index in [2.05, 4.69) is 11.4 Å². The quantitative estimate of drug-likeness (QED) is 0.508. The van der Waals surface area contributed by atoms with Crippen LogP contribution in [0.1, 0.15) is 49.4 Å². The molecule has 0 aromatic heterocycles. The number of nitrogens with one attached hydrogen (secondary N) is 1. The molecule has 1 amide bonds. The van der Waals surface area contributed by atoms with E-state index in [-0.39, 0.29) is 11.9 Å². The first kappa shape index (κ1) is 22.4. The second-order valence-electron chi connectivity index (χ2n) is 7.41. The molecule has 31 heavy (non-hydrogen) atoms. The van der Waals surface area contributed by atoms with Crippen LogP contribution in [0.3, 0.4) is 0 Å². The second kappa shape index (κ2) is 10.7. The molecule has 2 atom stereocenters. The Balaban J connectivity index is 1.56. The zero-order valence-corrected chi connectivity index (χ0v) is 18.2. The van der Waals surface area contributed by atoms with Gasteiger partial charge in [-0.1, -0.05) is 30.3 Å². The standard InChI is InChI=1S/C25H29NO5/c1-4-30-22-14-12-18(16-23(22)29-3)13-15-24(27)31-17(2)25(28)26-21-11-7-9-19-8-5-6-10-20(19)21/h5-6,8,10,12-17,21H,4,7,9,11H2,1-3H3,(H,26,28)/b15-13+. The normalized spacial score (nSPS) is 16.3. The monoisotopic (exact) mass is 423 g/mol. The Bertz CT molecular complexity index is 953.